The minimum absolute atomic E-state index is 0.0657. The molecule has 2 atom stereocenters. The van der Waals surface area contributed by atoms with Crippen molar-refractivity contribution in [2.45, 2.75) is 56.6 Å². The molecule has 2 aromatic rings. The lowest BCUT2D eigenvalue weighted by Crippen LogP contribution is -2.33. The zero-order valence-corrected chi connectivity index (χ0v) is 16.9. The van der Waals surface area contributed by atoms with Crippen LogP contribution in [0.4, 0.5) is 0 Å². The predicted octanol–water partition coefficient (Wildman–Crippen LogP) is 3.33. The van der Waals surface area contributed by atoms with E-state index in [0.29, 0.717) is 24.9 Å². The third-order valence-electron chi connectivity index (χ3n) is 5.68. The molecular weight excluding hydrogens is 374 g/mol. The van der Waals surface area contributed by atoms with Crippen molar-refractivity contribution in [1.29, 1.82) is 0 Å². The lowest BCUT2D eigenvalue weighted by atomic mass is 9.85. The van der Waals surface area contributed by atoms with Crippen LogP contribution in [0.25, 0.3) is 11.4 Å². The summed E-state index contributed by atoms with van der Waals surface area (Å²) in [6.07, 6.45) is 9.48. The fourth-order valence-electron chi connectivity index (χ4n) is 4.16. The number of carbonyl (C=O) groups excluding carboxylic acids is 2. The van der Waals surface area contributed by atoms with Gasteiger partial charge in [-0.3, -0.25) is 24.0 Å². The summed E-state index contributed by atoms with van der Waals surface area (Å²) in [5, 5.41) is 9.61. The molecule has 148 valence electrons. The molecule has 1 aliphatic carbocycles. The van der Waals surface area contributed by atoms with Gasteiger partial charge in [0.15, 0.2) is 11.0 Å². The number of pyridine rings is 1. The number of hydrogen-bond donors (Lipinski definition) is 0. The van der Waals surface area contributed by atoms with Crippen molar-refractivity contribution in [1.82, 2.24) is 24.6 Å². The second-order valence-electron chi connectivity index (χ2n) is 7.58. The molecule has 1 saturated carbocycles. The highest BCUT2D eigenvalue weighted by Gasteiger charge is 2.30. The largest absolute Gasteiger partial charge is 0.299 e. The highest BCUT2D eigenvalue weighted by molar-refractivity contribution is 7.99. The highest BCUT2D eigenvalue weighted by atomic mass is 32.2. The maximum Gasteiger partial charge on any atom is 0.239 e. The van der Waals surface area contributed by atoms with Crippen molar-refractivity contribution < 1.29 is 9.59 Å². The van der Waals surface area contributed by atoms with Crippen molar-refractivity contribution in [2.24, 2.45) is 5.92 Å². The van der Waals surface area contributed by atoms with Crippen molar-refractivity contribution in [2.75, 3.05) is 12.3 Å². The van der Waals surface area contributed by atoms with Gasteiger partial charge in [-0.1, -0.05) is 31.5 Å². The SMILES string of the molecule is CC1CCCCC1n1c(SCC(=O)N2CCCC2=O)nnc1-c1cccnc1. The molecule has 2 aliphatic rings. The lowest BCUT2D eigenvalue weighted by molar-refractivity contribution is -0.140. The van der Waals surface area contributed by atoms with Gasteiger partial charge in [0.2, 0.25) is 11.8 Å². The highest BCUT2D eigenvalue weighted by Crippen LogP contribution is 2.38. The maximum absolute atomic E-state index is 12.5. The van der Waals surface area contributed by atoms with Crippen LogP contribution in [0.2, 0.25) is 0 Å². The number of thioether (sulfide) groups is 1. The summed E-state index contributed by atoms with van der Waals surface area (Å²) in [5.74, 6) is 1.33. The standard InChI is InChI=1S/C20H25N5O2S/c1-14-6-2-3-8-16(14)25-19(15-7-4-10-21-12-15)22-23-20(25)28-13-18(27)24-11-5-9-17(24)26/h4,7,10,12,14,16H,2-3,5-6,8-9,11,13H2,1H3. The number of aromatic nitrogens is 4. The topological polar surface area (TPSA) is 81.0 Å². The molecular formula is C20H25N5O2S. The van der Waals surface area contributed by atoms with Crippen LogP contribution in [-0.2, 0) is 9.59 Å². The van der Waals surface area contributed by atoms with Crippen LogP contribution in [-0.4, -0.2) is 48.8 Å². The second-order valence-corrected chi connectivity index (χ2v) is 8.52. The monoisotopic (exact) mass is 399 g/mol. The summed E-state index contributed by atoms with van der Waals surface area (Å²) in [6, 6.07) is 4.20. The average molecular weight is 400 g/mol. The second kappa shape index (κ2) is 8.43. The van der Waals surface area contributed by atoms with Crippen LogP contribution >= 0.6 is 11.8 Å². The van der Waals surface area contributed by atoms with E-state index < -0.39 is 0 Å². The summed E-state index contributed by atoms with van der Waals surface area (Å²) in [7, 11) is 0. The molecule has 7 nitrogen and oxygen atoms in total. The number of carbonyl (C=O) groups is 2. The molecule has 0 spiro atoms. The lowest BCUT2D eigenvalue weighted by Gasteiger charge is -2.31. The summed E-state index contributed by atoms with van der Waals surface area (Å²) in [6.45, 7) is 2.81. The number of imide groups is 1. The smallest absolute Gasteiger partial charge is 0.239 e. The molecule has 0 radical (unpaired) electrons. The van der Waals surface area contributed by atoms with E-state index in [4.69, 9.17) is 0 Å². The zero-order chi connectivity index (χ0) is 19.5. The number of hydrogen-bond acceptors (Lipinski definition) is 6. The Labute approximate surface area is 168 Å². The third-order valence-corrected chi connectivity index (χ3v) is 6.61. The predicted molar refractivity (Wildman–Crippen MR) is 107 cm³/mol. The molecule has 2 unspecified atom stereocenters. The Balaban J connectivity index is 1.60. The minimum atomic E-state index is -0.137. The van der Waals surface area contributed by atoms with Gasteiger partial charge in [-0.05, 0) is 37.3 Å². The van der Waals surface area contributed by atoms with Crippen molar-refractivity contribution in [3.63, 3.8) is 0 Å². The molecule has 3 heterocycles. The first-order valence-corrected chi connectivity index (χ1v) is 10.9. The van der Waals surface area contributed by atoms with Crippen LogP contribution in [0.15, 0.2) is 29.7 Å². The van der Waals surface area contributed by atoms with Crippen molar-refractivity contribution >= 4 is 23.6 Å². The molecule has 0 N–H and O–H groups in total. The quantitative estimate of drug-likeness (QED) is 0.718. The van der Waals surface area contributed by atoms with Crippen LogP contribution in [0.1, 0.15) is 51.5 Å². The van der Waals surface area contributed by atoms with Crippen LogP contribution in [0, 0.1) is 5.92 Å². The fraction of sp³-hybridized carbons (Fsp3) is 0.550. The van der Waals surface area contributed by atoms with E-state index in [9.17, 15) is 9.59 Å². The first kappa shape index (κ1) is 19.1. The fourth-order valence-corrected chi connectivity index (χ4v) is 5.03. The Hall–Kier alpha value is -2.22. The van der Waals surface area contributed by atoms with E-state index in [0.717, 1.165) is 29.4 Å². The minimum Gasteiger partial charge on any atom is -0.299 e. The van der Waals surface area contributed by atoms with Gasteiger partial charge < -0.3 is 0 Å². The molecule has 2 fully saturated rings. The van der Waals surface area contributed by atoms with Crippen molar-refractivity contribution in [3.8, 4) is 11.4 Å². The molecule has 0 bridgehead atoms. The molecule has 1 aliphatic heterocycles. The Morgan fingerprint density at radius 1 is 1.25 bits per heavy atom. The molecule has 2 amide bonds. The zero-order valence-electron chi connectivity index (χ0n) is 16.1. The third kappa shape index (κ3) is 3.83. The summed E-state index contributed by atoms with van der Waals surface area (Å²) < 4.78 is 2.20. The van der Waals surface area contributed by atoms with Crippen LogP contribution < -0.4 is 0 Å². The van der Waals surface area contributed by atoms with Gasteiger partial charge in [0.25, 0.3) is 0 Å². The average Bonchev–Trinajstić information content (AvgIpc) is 3.33. The number of amides is 2. The Bertz CT molecular complexity index is 854. The maximum atomic E-state index is 12.5. The van der Waals surface area contributed by atoms with Gasteiger partial charge in [0.1, 0.15) is 0 Å². The van der Waals surface area contributed by atoms with Gasteiger partial charge >= 0.3 is 0 Å². The summed E-state index contributed by atoms with van der Waals surface area (Å²) in [4.78, 5) is 29.9. The van der Waals surface area contributed by atoms with E-state index in [-0.39, 0.29) is 17.6 Å². The number of nitrogens with zero attached hydrogens (tertiary/aromatic N) is 5. The van der Waals surface area contributed by atoms with Gasteiger partial charge in [-0.25, -0.2) is 0 Å². The molecule has 1 saturated heterocycles. The molecule has 0 aromatic carbocycles. The molecule has 2 aromatic heterocycles. The molecule has 4 rings (SSSR count). The van der Waals surface area contributed by atoms with E-state index in [1.807, 2.05) is 12.1 Å². The Morgan fingerprint density at radius 3 is 2.82 bits per heavy atom. The summed E-state index contributed by atoms with van der Waals surface area (Å²) >= 11 is 1.38. The number of rotatable bonds is 5. The molecule has 28 heavy (non-hydrogen) atoms. The normalized spacial score (nSPS) is 22.6. The Kier molecular flexibility index (Phi) is 5.75. The van der Waals surface area contributed by atoms with Crippen LogP contribution in [0.5, 0.6) is 0 Å². The van der Waals surface area contributed by atoms with Gasteiger partial charge in [-0.15, -0.1) is 10.2 Å². The Morgan fingerprint density at radius 2 is 2.11 bits per heavy atom. The van der Waals surface area contributed by atoms with E-state index in [1.165, 1.54) is 35.9 Å². The summed E-state index contributed by atoms with van der Waals surface area (Å²) in [5.41, 5.74) is 0.931. The molecule has 8 heteroatoms. The van der Waals surface area contributed by atoms with E-state index in [2.05, 4.69) is 26.7 Å². The number of likely N-dealkylation sites (tertiary alicyclic amines) is 1. The van der Waals surface area contributed by atoms with Gasteiger partial charge in [-0.2, -0.15) is 0 Å². The van der Waals surface area contributed by atoms with Crippen molar-refractivity contribution in [3.05, 3.63) is 24.5 Å². The van der Waals surface area contributed by atoms with Gasteiger partial charge in [0, 0.05) is 37.0 Å². The van der Waals surface area contributed by atoms with E-state index >= 15 is 0 Å². The first-order valence-electron chi connectivity index (χ1n) is 9.96. The van der Waals surface area contributed by atoms with Gasteiger partial charge in [0.05, 0.1) is 5.75 Å². The van der Waals surface area contributed by atoms with Crippen LogP contribution in [0.3, 0.4) is 0 Å². The van der Waals surface area contributed by atoms with E-state index in [1.54, 1.807) is 12.4 Å². The first-order chi connectivity index (χ1) is 13.6.